The van der Waals surface area contributed by atoms with Crippen LogP contribution in [0.15, 0.2) is 12.2 Å². The molecule has 1 aliphatic rings. The highest BCUT2D eigenvalue weighted by Crippen LogP contribution is 2.31. The van der Waals surface area contributed by atoms with E-state index < -0.39 is 0 Å². The van der Waals surface area contributed by atoms with Gasteiger partial charge in [-0.1, -0.05) is 38.3 Å². The molecule has 1 saturated carbocycles. The Hall–Kier alpha value is -0.630. The first-order valence-corrected chi connectivity index (χ1v) is 7.51. The van der Waals surface area contributed by atoms with Crippen LogP contribution in [0.3, 0.4) is 0 Å². The lowest BCUT2D eigenvalue weighted by Gasteiger charge is -2.17. The molecule has 2 nitrogen and oxygen atoms in total. The van der Waals surface area contributed by atoms with Gasteiger partial charge >= 0.3 is 0 Å². The highest BCUT2D eigenvalue weighted by atomic mass is 16.5. The van der Waals surface area contributed by atoms with Crippen molar-refractivity contribution in [3.8, 4) is 0 Å². The molecule has 0 aliphatic heterocycles. The zero-order valence-corrected chi connectivity index (χ0v) is 12.0. The van der Waals surface area contributed by atoms with Crippen LogP contribution in [-0.2, 0) is 9.53 Å². The third-order valence-corrected chi connectivity index (χ3v) is 3.84. The molecule has 18 heavy (non-hydrogen) atoms. The van der Waals surface area contributed by atoms with E-state index in [4.69, 9.17) is 4.74 Å². The second-order valence-electron chi connectivity index (χ2n) is 5.31. The number of rotatable bonds is 9. The average Bonchev–Trinajstić information content (AvgIpc) is 2.72. The summed E-state index contributed by atoms with van der Waals surface area (Å²) in [5.74, 6) is 1.12. The number of unbranched alkanes of at least 4 members (excludes halogenated alkanes) is 3. The molecule has 0 saturated heterocycles. The monoisotopic (exact) mass is 252 g/mol. The summed E-state index contributed by atoms with van der Waals surface area (Å²) < 4.78 is 5.75. The zero-order valence-electron chi connectivity index (χ0n) is 12.0. The first-order valence-electron chi connectivity index (χ1n) is 7.51. The maximum absolute atomic E-state index is 11.8. The van der Waals surface area contributed by atoms with Gasteiger partial charge in [-0.2, -0.15) is 0 Å². The van der Waals surface area contributed by atoms with Crippen LogP contribution in [0, 0.1) is 11.8 Å². The van der Waals surface area contributed by atoms with Crippen molar-refractivity contribution >= 4 is 5.78 Å². The maximum Gasteiger partial charge on any atom is 0.136 e. The molecule has 0 radical (unpaired) electrons. The number of carbonyl (C=O) groups is 1. The van der Waals surface area contributed by atoms with E-state index in [9.17, 15) is 4.79 Å². The Labute approximate surface area is 112 Å². The van der Waals surface area contributed by atoms with Crippen LogP contribution in [-0.4, -0.2) is 19.0 Å². The first-order chi connectivity index (χ1) is 8.79. The molecule has 2 heteroatoms. The van der Waals surface area contributed by atoms with Crippen molar-refractivity contribution in [3.05, 3.63) is 12.2 Å². The molecule has 0 N–H and O–H groups in total. The Morgan fingerprint density at radius 3 is 2.89 bits per heavy atom. The van der Waals surface area contributed by atoms with E-state index in [2.05, 4.69) is 13.0 Å². The van der Waals surface area contributed by atoms with E-state index in [1.807, 2.05) is 13.0 Å². The van der Waals surface area contributed by atoms with Crippen LogP contribution in [0.5, 0.6) is 0 Å². The minimum absolute atomic E-state index is 0.219. The summed E-state index contributed by atoms with van der Waals surface area (Å²) in [5, 5.41) is 0. The molecule has 0 bridgehead atoms. The third-order valence-electron chi connectivity index (χ3n) is 3.84. The summed E-state index contributed by atoms with van der Waals surface area (Å²) in [7, 11) is 0. The quantitative estimate of drug-likeness (QED) is 0.455. The molecule has 2 unspecified atom stereocenters. The van der Waals surface area contributed by atoms with E-state index in [-0.39, 0.29) is 5.92 Å². The summed E-state index contributed by atoms with van der Waals surface area (Å²) >= 11 is 0. The lowest BCUT2D eigenvalue weighted by atomic mass is 9.93. The minimum atomic E-state index is 0.219. The Bertz CT molecular complexity index is 258. The van der Waals surface area contributed by atoms with Crippen molar-refractivity contribution in [3.63, 3.8) is 0 Å². The Morgan fingerprint density at radius 2 is 2.17 bits per heavy atom. The van der Waals surface area contributed by atoms with E-state index in [1.54, 1.807) is 0 Å². The number of carbonyl (C=O) groups excluding carboxylic acids is 1. The van der Waals surface area contributed by atoms with Crippen molar-refractivity contribution in [2.75, 3.05) is 13.2 Å². The fourth-order valence-electron chi connectivity index (χ4n) is 2.65. The molecule has 1 rings (SSSR count). The van der Waals surface area contributed by atoms with Gasteiger partial charge in [-0.15, -0.1) is 0 Å². The Balaban J connectivity index is 2.17. The summed E-state index contributed by atoms with van der Waals surface area (Å²) in [4.78, 5) is 11.8. The van der Waals surface area contributed by atoms with Gasteiger partial charge in [-0.05, 0) is 32.1 Å². The van der Waals surface area contributed by atoms with Gasteiger partial charge in [-0.25, -0.2) is 0 Å². The van der Waals surface area contributed by atoms with Crippen LogP contribution in [0.4, 0.5) is 0 Å². The SMILES string of the molecule is C/C=C/CC1C(=O)CCC1COCCCCCC. The standard InChI is InChI=1S/C16H28O2/c1-3-5-7-8-12-18-13-14-10-11-16(17)15(14)9-6-4-2/h4,6,14-15H,3,5,7-13H2,1-2H3/b6-4+. The maximum atomic E-state index is 11.8. The van der Waals surface area contributed by atoms with Crippen LogP contribution >= 0.6 is 0 Å². The second-order valence-corrected chi connectivity index (χ2v) is 5.31. The Kier molecular flexibility index (Phi) is 7.99. The molecule has 0 spiro atoms. The number of hydrogen-bond donors (Lipinski definition) is 0. The number of Topliss-reactive ketones (excluding diaryl/α,β-unsaturated/α-hetero) is 1. The number of ketones is 1. The lowest BCUT2D eigenvalue weighted by molar-refractivity contribution is -0.121. The third kappa shape index (κ3) is 5.34. The molecular formula is C16H28O2. The van der Waals surface area contributed by atoms with Crippen molar-refractivity contribution < 1.29 is 9.53 Å². The zero-order chi connectivity index (χ0) is 13.2. The van der Waals surface area contributed by atoms with E-state index in [0.29, 0.717) is 11.7 Å². The topological polar surface area (TPSA) is 26.3 Å². The summed E-state index contributed by atoms with van der Waals surface area (Å²) in [6.07, 6.45) is 11.8. The van der Waals surface area contributed by atoms with Gasteiger partial charge in [-0.3, -0.25) is 4.79 Å². The normalized spacial score (nSPS) is 24.2. The summed E-state index contributed by atoms with van der Waals surface area (Å²) in [6, 6.07) is 0. The molecule has 104 valence electrons. The number of ether oxygens (including phenoxy) is 1. The van der Waals surface area contributed by atoms with Crippen molar-refractivity contribution in [1.29, 1.82) is 0 Å². The molecule has 2 atom stereocenters. The smallest absolute Gasteiger partial charge is 0.136 e. The van der Waals surface area contributed by atoms with E-state index >= 15 is 0 Å². The van der Waals surface area contributed by atoms with Crippen molar-refractivity contribution in [2.45, 2.75) is 58.8 Å². The molecule has 0 aromatic carbocycles. The van der Waals surface area contributed by atoms with Gasteiger partial charge in [0.2, 0.25) is 0 Å². The van der Waals surface area contributed by atoms with E-state index in [0.717, 1.165) is 38.9 Å². The van der Waals surface area contributed by atoms with E-state index in [1.165, 1.54) is 19.3 Å². The molecule has 0 aromatic heterocycles. The number of allylic oxidation sites excluding steroid dienone is 2. The molecule has 1 aliphatic carbocycles. The summed E-state index contributed by atoms with van der Waals surface area (Å²) in [5.41, 5.74) is 0. The van der Waals surface area contributed by atoms with Gasteiger partial charge in [0.15, 0.2) is 0 Å². The van der Waals surface area contributed by atoms with Gasteiger partial charge < -0.3 is 4.74 Å². The summed E-state index contributed by atoms with van der Waals surface area (Å²) in [6.45, 7) is 5.87. The molecule has 0 amide bonds. The van der Waals surface area contributed by atoms with Crippen LogP contribution in [0.25, 0.3) is 0 Å². The average molecular weight is 252 g/mol. The van der Waals surface area contributed by atoms with Crippen LogP contribution < -0.4 is 0 Å². The molecule has 1 fully saturated rings. The minimum Gasteiger partial charge on any atom is -0.381 e. The Morgan fingerprint density at radius 1 is 1.33 bits per heavy atom. The predicted molar refractivity (Wildman–Crippen MR) is 75.6 cm³/mol. The van der Waals surface area contributed by atoms with Crippen molar-refractivity contribution in [1.82, 2.24) is 0 Å². The predicted octanol–water partition coefficient (Wildman–Crippen LogP) is 4.14. The fraction of sp³-hybridized carbons (Fsp3) is 0.812. The van der Waals surface area contributed by atoms with Crippen LogP contribution in [0.1, 0.15) is 58.8 Å². The lowest BCUT2D eigenvalue weighted by Crippen LogP contribution is -2.19. The van der Waals surface area contributed by atoms with Crippen molar-refractivity contribution in [2.24, 2.45) is 11.8 Å². The van der Waals surface area contributed by atoms with Gasteiger partial charge in [0.05, 0.1) is 6.61 Å². The van der Waals surface area contributed by atoms with Crippen LogP contribution in [0.2, 0.25) is 0 Å². The van der Waals surface area contributed by atoms with Gasteiger partial charge in [0, 0.05) is 18.9 Å². The second kappa shape index (κ2) is 9.32. The largest absolute Gasteiger partial charge is 0.381 e. The highest BCUT2D eigenvalue weighted by Gasteiger charge is 2.33. The molecule has 0 aromatic rings. The highest BCUT2D eigenvalue weighted by molar-refractivity contribution is 5.83. The van der Waals surface area contributed by atoms with Gasteiger partial charge in [0.1, 0.15) is 5.78 Å². The number of hydrogen-bond acceptors (Lipinski definition) is 2. The van der Waals surface area contributed by atoms with Gasteiger partial charge in [0.25, 0.3) is 0 Å². The molecule has 0 heterocycles. The first kappa shape index (κ1) is 15.4. The molecular weight excluding hydrogens is 224 g/mol. The fourth-order valence-corrected chi connectivity index (χ4v) is 2.65.